The minimum absolute atomic E-state index is 0.159. The molecule has 1 amide bonds. The zero-order valence-corrected chi connectivity index (χ0v) is 14.6. The van der Waals surface area contributed by atoms with Crippen molar-refractivity contribution in [2.45, 2.75) is 44.6 Å². The first-order chi connectivity index (χ1) is 12.1. The summed E-state index contributed by atoms with van der Waals surface area (Å²) in [5.41, 5.74) is 2.38. The molecule has 1 aromatic carbocycles. The molecule has 1 aromatic rings. The van der Waals surface area contributed by atoms with E-state index in [2.05, 4.69) is 0 Å². The number of amides is 1. The highest BCUT2D eigenvalue weighted by Crippen LogP contribution is 2.33. The van der Waals surface area contributed by atoms with Gasteiger partial charge in [0.05, 0.1) is 26.2 Å². The van der Waals surface area contributed by atoms with Crippen LogP contribution in [-0.4, -0.2) is 37.4 Å². The molecular formula is C18H25NO6. The van der Waals surface area contributed by atoms with E-state index in [1.807, 2.05) is 12.1 Å². The number of ether oxygens (including phenoxy) is 3. The van der Waals surface area contributed by atoms with Crippen LogP contribution in [0, 0.1) is 5.92 Å². The first-order valence-corrected chi connectivity index (χ1v) is 8.41. The maximum Gasteiger partial charge on any atom is 0.309 e. The largest absolute Gasteiger partial charge is 0.493 e. The lowest BCUT2D eigenvalue weighted by atomic mass is 9.95. The second kappa shape index (κ2) is 9.27. The molecule has 25 heavy (non-hydrogen) atoms. The average molecular weight is 351 g/mol. The predicted molar refractivity (Wildman–Crippen MR) is 89.6 cm³/mol. The van der Waals surface area contributed by atoms with Crippen molar-refractivity contribution >= 4 is 11.9 Å². The lowest BCUT2D eigenvalue weighted by Gasteiger charge is -2.18. The number of benzene rings is 1. The summed E-state index contributed by atoms with van der Waals surface area (Å²) in [4.78, 5) is 23.3. The van der Waals surface area contributed by atoms with Gasteiger partial charge in [0.15, 0.2) is 11.5 Å². The summed E-state index contributed by atoms with van der Waals surface area (Å²) in [5, 5.41) is 8.69. The van der Waals surface area contributed by atoms with Gasteiger partial charge in [-0.2, -0.15) is 0 Å². The molecule has 0 saturated heterocycles. The highest BCUT2D eigenvalue weighted by atomic mass is 16.5. The molecular weight excluding hydrogens is 326 g/mol. The first kappa shape index (κ1) is 19.1. The van der Waals surface area contributed by atoms with Crippen LogP contribution in [0.1, 0.15) is 37.7 Å². The summed E-state index contributed by atoms with van der Waals surface area (Å²) in [6, 6.07) is 5.46. The maximum absolute atomic E-state index is 11.9. The van der Waals surface area contributed by atoms with E-state index < -0.39 is 17.8 Å². The van der Waals surface area contributed by atoms with Crippen molar-refractivity contribution < 1.29 is 29.0 Å². The van der Waals surface area contributed by atoms with Crippen LogP contribution in [0.4, 0.5) is 0 Å². The maximum atomic E-state index is 11.9. The van der Waals surface area contributed by atoms with Crippen molar-refractivity contribution in [1.29, 1.82) is 0 Å². The molecule has 0 spiro atoms. The van der Waals surface area contributed by atoms with E-state index >= 15 is 0 Å². The summed E-state index contributed by atoms with van der Waals surface area (Å²) in [6.45, 7) is 0. The molecule has 0 aromatic heterocycles. The fourth-order valence-corrected chi connectivity index (χ4v) is 3.09. The number of carbonyl (C=O) groups excluding carboxylic acids is 2. The minimum atomic E-state index is -0.690. The summed E-state index contributed by atoms with van der Waals surface area (Å²) >= 11 is 0. The van der Waals surface area contributed by atoms with Crippen molar-refractivity contribution in [2.24, 2.45) is 5.92 Å². The quantitative estimate of drug-likeness (QED) is 0.424. The summed E-state index contributed by atoms with van der Waals surface area (Å²) < 4.78 is 16.2. The van der Waals surface area contributed by atoms with Crippen molar-refractivity contribution in [1.82, 2.24) is 5.48 Å². The number of nitrogens with one attached hydrogen (secondary N) is 1. The van der Waals surface area contributed by atoms with Gasteiger partial charge in [-0.15, -0.1) is 0 Å². The van der Waals surface area contributed by atoms with Gasteiger partial charge in [-0.3, -0.25) is 14.8 Å². The van der Waals surface area contributed by atoms with Crippen LogP contribution in [0.2, 0.25) is 0 Å². The van der Waals surface area contributed by atoms with Crippen molar-refractivity contribution in [3.05, 3.63) is 23.8 Å². The van der Waals surface area contributed by atoms with E-state index in [0.717, 1.165) is 31.2 Å². The molecule has 7 heteroatoms. The van der Waals surface area contributed by atoms with Crippen molar-refractivity contribution in [2.75, 3.05) is 14.2 Å². The van der Waals surface area contributed by atoms with Crippen LogP contribution in [-0.2, 0) is 20.7 Å². The summed E-state index contributed by atoms with van der Waals surface area (Å²) in [5.74, 6) is -0.547. The van der Waals surface area contributed by atoms with E-state index in [1.54, 1.807) is 18.7 Å². The molecule has 0 heterocycles. The third-order valence-electron chi connectivity index (χ3n) is 4.40. The smallest absolute Gasteiger partial charge is 0.309 e. The zero-order valence-electron chi connectivity index (χ0n) is 14.6. The third kappa shape index (κ3) is 5.35. The van der Waals surface area contributed by atoms with Crippen molar-refractivity contribution in [3.8, 4) is 11.5 Å². The summed E-state index contributed by atoms with van der Waals surface area (Å²) in [6.07, 6.45) is 4.68. The van der Waals surface area contributed by atoms with Gasteiger partial charge >= 0.3 is 5.97 Å². The molecule has 1 saturated carbocycles. The van der Waals surface area contributed by atoms with Crippen LogP contribution in [0.15, 0.2) is 18.2 Å². The van der Waals surface area contributed by atoms with Gasteiger partial charge in [0.1, 0.15) is 0 Å². The molecule has 1 atom stereocenters. The number of hydroxylamine groups is 1. The highest BCUT2D eigenvalue weighted by molar-refractivity contribution is 5.82. The molecule has 0 radical (unpaired) electrons. The van der Waals surface area contributed by atoms with Gasteiger partial charge < -0.3 is 14.2 Å². The standard InChI is InChI=1S/C18H25NO6/c1-23-15-8-7-12(10-16(15)25-14-5-3-4-6-14)9-13(18(21)24-2)11-17(20)19-22/h7-8,10,13-14,22H,3-6,9,11H2,1-2H3,(H,19,20)/t13-/m1/s1. The number of carbonyl (C=O) groups is 2. The number of methoxy groups -OCH3 is 2. The predicted octanol–water partition coefficient (Wildman–Crippen LogP) is 2.24. The Kier molecular flexibility index (Phi) is 7.06. The molecule has 1 aliphatic rings. The van der Waals surface area contributed by atoms with Crippen LogP contribution in [0.25, 0.3) is 0 Å². The Morgan fingerprint density at radius 1 is 1.24 bits per heavy atom. The third-order valence-corrected chi connectivity index (χ3v) is 4.40. The van der Waals surface area contributed by atoms with E-state index in [0.29, 0.717) is 17.9 Å². The Balaban J connectivity index is 2.15. The number of esters is 1. The van der Waals surface area contributed by atoms with Gasteiger partial charge in [-0.25, -0.2) is 5.48 Å². The lowest BCUT2D eigenvalue weighted by molar-refractivity contribution is -0.148. The summed E-state index contributed by atoms with van der Waals surface area (Å²) in [7, 11) is 2.86. The molecule has 0 unspecified atom stereocenters. The Hall–Kier alpha value is -2.28. The van der Waals surface area contributed by atoms with E-state index in [4.69, 9.17) is 19.4 Å². The number of hydrogen-bond acceptors (Lipinski definition) is 6. The van der Waals surface area contributed by atoms with Crippen molar-refractivity contribution in [3.63, 3.8) is 0 Å². The molecule has 1 aliphatic carbocycles. The van der Waals surface area contributed by atoms with Gasteiger partial charge in [-0.05, 0) is 49.8 Å². The fraction of sp³-hybridized carbons (Fsp3) is 0.556. The highest BCUT2D eigenvalue weighted by Gasteiger charge is 2.24. The molecule has 1 fully saturated rings. The van der Waals surface area contributed by atoms with Gasteiger partial charge in [0.2, 0.25) is 5.91 Å². The van der Waals surface area contributed by atoms with Crippen LogP contribution >= 0.6 is 0 Å². The average Bonchev–Trinajstić information content (AvgIpc) is 3.13. The Morgan fingerprint density at radius 2 is 1.96 bits per heavy atom. The SMILES string of the molecule is COC(=O)[C@@H](CC(=O)NO)Cc1ccc(OC)c(OC2CCCC2)c1. The Bertz CT molecular complexity index is 597. The molecule has 0 aliphatic heterocycles. The monoisotopic (exact) mass is 351 g/mol. The zero-order chi connectivity index (χ0) is 18.2. The Labute approximate surface area is 147 Å². The van der Waals surface area contributed by atoms with Gasteiger partial charge in [0, 0.05) is 6.42 Å². The van der Waals surface area contributed by atoms with Crippen LogP contribution in [0.5, 0.6) is 11.5 Å². The topological polar surface area (TPSA) is 94.1 Å². The van der Waals surface area contributed by atoms with Crippen LogP contribution < -0.4 is 15.0 Å². The number of hydrogen-bond donors (Lipinski definition) is 2. The first-order valence-electron chi connectivity index (χ1n) is 8.41. The molecule has 138 valence electrons. The van der Waals surface area contributed by atoms with Crippen LogP contribution in [0.3, 0.4) is 0 Å². The second-order valence-corrected chi connectivity index (χ2v) is 6.17. The van der Waals surface area contributed by atoms with E-state index in [9.17, 15) is 9.59 Å². The second-order valence-electron chi connectivity index (χ2n) is 6.17. The Morgan fingerprint density at radius 3 is 2.56 bits per heavy atom. The molecule has 0 bridgehead atoms. The molecule has 2 rings (SSSR count). The minimum Gasteiger partial charge on any atom is -0.493 e. The van der Waals surface area contributed by atoms with E-state index in [-0.39, 0.29) is 12.5 Å². The van der Waals surface area contributed by atoms with Gasteiger partial charge in [-0.1, -0.05) is 6.07 Å². The molecule has 7 nitrogen and oxygen atoms in total. The van der Waals surface area contributed by atoms with Gasteiger partial charge in [0.25, 0.3) is 0 Å². The lowest BCUT2D eigenvalue weighted by Crippen LogP contribution is -2.28. The molecule has 2 N–H and O–H groups in total. The van der Waals surface area contributed by atoms with E-state index in [1.165, 1.54) is 7.11 Å². The normalized spacial score (nSPS) is 15.5. The fourth-order valence-electron chi connectivity index (χ4n) is 3.09. The number of rotatable bonds is 8.